The van der Waals surface area contributed by atoms with Crippen LogP contribution in [0.3, 0.4) is 0 Å². The van der Waals surface area contributed by atoms with Crippen molar-refractivity contribution in [2.45, 2.75) is 31.6 Å². The predicted molar refractivity (Wildman–Crippen MR) is 124 cm³/mol. The Labute approximate surface area is 195 Å². The van der Waals surface area contributed by atoms with E-state index in [1.165, 1.54) is 4.57 Å². The van der Waals surface area contributed by atoms with Crippen LogP contribution < -0.4 is 16.0 Å². The maximum absolute atomic E-state index is 13.0. The molecule has 1 fully saturated rings. The third-order valence-electron chi connectivity index (χ3n) is 6.52. The highest BCUT2D eigenvalue weighted by Gasteiger charge is 2.34. The molecule has 3 heterocycles. The predicted octanol–water partition coefficient (Wildman–Crippen LogP) is 3.90. The Kier molecular flexibility index (Phi) is 5.68. The fraction of sp³-hybridized carbons (Fsp3) is 0.333. The summed E-state index contributed by atoms with van der Waals surface area (Å²) < 4.78 is 40.2. The van der Waals surface area contributed by atoms with Gasteiger partial charge in [-0.25, -0.2) is 4.98 Å². The molecule has 0 bridgehead atoms. The van der Waals surface area contributed by atoms with Crippen molar-refractivity contribution in [1.29, 1.82) is 0 Å². The third-order valence-corrected chi connectivity index (χ3v) is 6.52. The Morgan fingerprint density at radius 3 is 2.56 bits per heavy atom. The minimum atomic E-state index is -4.51. The summed E-state index contributed by atoms with van der Waals surface area (Å²) in [5, 5.41) is 2.98. The molecular formula is C24H25F3N6O. The minimum absolute atomic E-state index is 0.00545. The molecule has 0 saturated carbocycles. The molecule has 3 N–H and O–H groups in total. The van der Waals surface area contributed by atoms with Crippen molar-refractivity contribution in [3.63, 3.8) is 0 Å². The molecule has 10 heteroatoms. The van der Waals surface area contributed by atoms with E-state index in [4.69, 9.17) is 5.73 Å². The third kappa shape index (κ3) is 4.45. The zero-order valence-corrected chi connectivity index (χ0v) is 18.4. The Balaban J connectivity index is 1.29. The number of nitrogens with two attached hydrogens (primary N) is 1. The topological polar surface area (TPSA) is 79.4 Å². The highest BCUT2D eigenvalue weighted by atomic mass is 19.4. The lowest BCUT2D eigenvalue weighted by atomic mass is 10.0. The van der Waals surface area contributed by atoms with E-state index in [1.54, 1.807) is 12.1 Å². The van der Waals surface area contributed by atoms with Crippen LogP contribution in [0, 0.1) is 0 Å². The van der Waals surface area contributed by atoms with Gasteiger partial charge in [-0.3, -0.25) is 9.69 Å². The van der Waals surface area contributed by atoms with Gasteiger partial charge in [0.15, 0.2) is 5.69 Å². The van der Waals surface area contributed by atoms with E-state index in [9.17, 15) is 18.0 Å². The second kappa shape index (κ2) is 8.68. The minimum Gasteiger partial charge on any atom is -0.397 e. The molecule has 0 aliphatic carbocycles. The Morgan fingerprint density at radius 2 is 1.82 bits per heavy atom. The molecule has 1 amide bonds. The molecule has 2 aliphatic heterocycles. The van der Waals surface area contributed by atoms with Gasteiger partial charge in [0.2, 0.25) is 5.91 Å². The molecule has 2 aliphatic rings. The summed E-state index contributed by atoms with van der Waals surface area (Å²) in [5.74, 6) is -0.00545. The number of hydrogen-bond acceptors (Lipinski definition) is 5. The lowest BCUT2D eigenvalue weighted by Gasteiger charge is -2.39. The van der Waals surface area contributed by atoms with Gasteiger partial charge in [0, 0.05) is 43.2 Å². The highest BCUT2D eigenvalue weighted by molar-refractivity contribution is 5.93. The van der Waals surface area contributed by atoms with Crippen LogP contribution >= 0.6 is 0 Å². The van der Waals surface area contributed by atoms with E-state index < -0.39 is 11.9 Å². The van der Waals surface area contributed by atoms with E-state index in [0.717, 1.165) is 55.4 Å². The van der Waals surface area contributed by atoms with E-state index in [-0.39, 0.29) is 11.9 Å². The summed E-state index contributed by atoms with van der Waals surface area (Å²) in [7, 11) is 0. The molecule has 178 valence electrons. The maximum atomic E-state index is 13.0. The summed E-state index contributed by atoms with van der Waals surface area (Å²) in [6.45, 7) is 2.61. The zero-order valence-electron chi connectivity index (χ0n) is 18.4. The monoisotopic (exact) mass is 470 g/mol. The fourth-order valence-corrected chi connectivity index (χ4v) is 4.73. The largest absolute Gasteiger partial charge is 0.434 e. The number of para-hydroxylation sites is 1. The number of anilines is 3. The van der Waals surface area contributed by atoms with Crippen LogP contribution in [-0.2, 0) is 17.5 Å². The summed E-state index contributed by atoms with van der Waals surface area (Å²) in [6.07, 6.45) is -0.683. The first-order chi connectivity index (χ1) is 16.3. The number of amides is 1. The maximum Gasteiger partial charge on any atom is 0.434 e. The number of alkyl halides is 3. The molecule has 0 radical (unpaired) electrons. The van der Waals surface area contributed by atoms with Crippen LogP contribution in [0.25, 0.3) is 5.69 Å². The van der Waals surface area contributed by atoms with Crippen molar-refractivity contribution in [2.24, 2.45) is 0 Å². The number of nitrogen functional groups attached to an aromatic ring is 1. The molecular weight excluding hydrogens is 445 g/mol. The molecule has 34 heavy (non-hydrogen) atoms. The van der Waals surface area contributed by atoms with Crippen molar-refractivity contribution in [3.8, 4) is 5.69 Å². The summed E-state index contributed by atoms with van der Waals surface area (Å²) in [6, 6.07) is 13.5. The number of halogens is 3. The molecule has 0 unspecified atom stereocenters. The van der Waals surface area contributed by atoms with Crippen LogP contribution in [0.15, 0.2) is 55.0 Å². The van der Waals surface area contributed by atoms with Gasteiger partial charge in [-0.05, 0) is 42.7 Å². The normalized spacial score (nSPS) is 17.9. The number of piperidine rings is 1. The average molecular weight is 470 g/mol. The van der Waals surface area contributed by atoms with Crippen molar-refractivity contribution >= 4 is 23.0 Å². The lowest BCUT2D eigenvalue weighted by molar-refractivity contribution is -0.140. The first-order valence-corrected chi connectivity index (χ1v) is 11.2. The van der Waals surface area contributed by atoms with E-state index in [1.807, 2.05) is 30.3 Å². The number of rotatable bonds is 3. The van der Waals surface area contributed by atoms with Crippen molar-refractivity contribution in [1.82, 2.24) is 14.5 Å². The molecule has 1 aromatic heterocycles. The number of benzene rings is 2. The number of aromatic nitrogens is 2. The van der Waals surface area contributed by atoms with Crippen molar-refractivity contribution in [2.75, 3.05) is 35.6 Å². The van der Waals surface area contributed by atoms with Crippen LogP contribution in [0.2, 0.25) is 0 Å². The molecule has 1 saturated heterocycles. The first kappa shape index (κ1) is 22.3. The van der Waals surface area contributed by atoms with Crippen molar-refractivity contribution < 1.29 is 18.0 Å². The quantitative estimate of drug-likeness (QED) is 0.568. The number of imidazole rings is 1. The highest BCUT2D eigenvalue weighted by Crippen LogP contribution is 2.32. The SMILES string of the molecule is Nc1ccc(N2CCC(N3CC(=O)Nc4ccccc4C3)CC2)cc1-n1cnc(C(F)(F)F)c1. The number of nitrogens with zero attached hydrogens (tertiary/aromatic N) is 4. The summed E-state index contributed by atoms with van der Waals surface area (Å²) >= 11 is 0. The first-order valence-electron chi connectivity index (χ1n) is 11.2. The van der Waals surface area contributed by atoms with E-state index in [2.05, 4.69) is 20.1 Å². The zero-order chi connectivity index (χ0) is 23.9. The van der Waals surface area contributed by atoms with Gasteiger partial charge in [0.1, 0.15) is 0 Å². The number of hydrogen-bond donors (Lipinski definition) is 2. The molecule has 0 spiro atoms. The smallest absolute Gasteiger partial charge is 0.397 e. The van der Waals surface area contributed by atoms with Crippen LogP contribution in [-0.4, -0.2) is 46.0 Å². The van der Waals surface area contributed by atoms with Gasteiger partial charge in [-0.15, -0.1) is 0 Å². The number of fused-ring (bicyclic) bond motifs is 1. The van der Waals surface area contributed by atoms with Crippen LogP contribution in [0.1, 0.15) is 24.1 Å². The molecule has 3 aromatic rings. The van der Waals surface area contributed by atoms with Gasteiger partial charge >= 0.3 is 6.18 Å². The van der Waals surface area contributed by atoms with Gasteiger partial charge in [-0.1, -0.05) is 18.2 Å². The second-order valence-electron chi connectivity index (χ2n) is 8.74. The van der Waals surface area contributed by atoms with Gasteiger partial charge in [0.25, 0.3) is 0 Å². The molecule has 7 nitrogen and oxygen atoms in total. The lowest BCUT2D eigenvalue weighted by Crippen LogP contribution is -2.46. The van der Waals surface area contributed by atoms with Crippen LogP contribution in [0.5, 0.6) is 0 Å². The standard InChI is InChI=1S/C24H25F3N6O/c25-24(26,27)22-13-33(15-29-22)21-11-18(5-6-19(21)28)31-9-7-17(8-10-31)32-12-16-3-1-2-4-20(16)30-23(34)14-32/h1-6,11,13,15,17H,7-10,12,14,28H2,(H,30,34). The van der Waals surface area contributed by atoms with Crippen molar-refractivity contribution in [3.05, 3.63) is 66.2 Å². The van der Waals surface area contributed by atoms with Gasteiger partial charge in [-0.2, -0.15) is 13.2 Å². The summed E-state index contributed by atoms with van der Waals surface area (Å²) in [5.41, 5.74) is 8.81. The number of carbonyl (C=O) groups excluding carboxylic acids is 1. The van der Waals surface area contributed by atoms with Gasteiger partial charge in [0.05, 0.1) is 24.2 Å². The summed E-state index contributed by atoms with van der Waals surface area (Å²) in [4.78, 5) is 20.3. The fourth-order valence-electron chi connectivity index (χ4n) is 4.73. The van der Waals surface area contributed by atoms with Crippen LogP contribution in [0.4, 0.5) is 30.2 Å². The molecule has 5 rings (SSSR count). The second-order valence-corrected chi connectivity index (χ2v) is 8.74. The Bertz CT molecular complexity index is 1200. The average Bonchev–Trinajstić information content (AvgIpc) is 3.24. The van der Waals surface area contributed by atoms with Gasteiger partial charge < -0.3 is 20.5 Å². The van der Waals surface area contributed by atoms with E-state index in [0.29, 0.717) is 24.5 Å². The molecule has 2 aromatic carbocycles. The Morgan fingerprint density at radius 1 is 1.06 bits per heavy atom. The van der Waals surface area contributed by atoms with E-state index >= 15 is 0 Å². The number of carbonyl (C=O) groups is 1. The number of nitrogens with one attached hydrogen (secondary N) is 1. The molecule has 0 atom stereocenters. The Hall–Kier alpha value is -3.53.